The van der Waals surface area contributed by atoms with Gasteiger partial charge >= 0.3 is 6.09 Å². The molecule has 3 heterocycles. The first-order valence-corrected chi connectivity index (χ1v) is 21.7. The van der Waals surface area contributed by atoms with E-state index in [0.717, 1.165) is 93.1 Å². The van der Waals surface area contributed by atoms with Crippen molar-refractivity contribution in [2.24, 2.45) is 11.3 Å². The molecule has 3 aromatic carbocycles. The minimum atomic E-state index is -0.896. The van der Waals surface area contributed by atoms with E-state index in [4.69, 9.17) is 4.74 Å². The highest BCUT2D eigenvalue weighted by Gasteiger charge is 2.44. The van der Waals surface area contributed by atoms with Gasteiger partial charge < -0.3 is 25.2 Å². The number of benzene rings is 3. The Kier molecular flexibility index (Phi) is 11.9. The first kappa shape index (κ1) is 37.3. The molecule has 0 unspecified atom stereocenters. The predicted molar refractivity (Wildman–Crippen MR) is 222 cm³/mol. The maximum atomic E-state index is 15.0. The maximum Gasteiger partial charge on any atom is 0.415 e. The molecule has 0 bridgehead atoms. The lowest BCUT2D eigenvalue weighted by molar-refractivity contribution is -0.145. The van der Waals surface area contributed by atoms with Gasteiger partial charge in [0, 0.05) is 43.9 Å². The fourth-order valence-electron chi connectivity index (χ4n) is 9.64. The number of carbonyl (C=O) groups excluding carboxylic acids is 3. The number of carbonyl (C=O) groups is 3. The molecular weight excluding hydrogens is 719 g/mol. The Labute approximate surface area is 337 Å². The number of hydrogen-bond donors (Lipinski definition) is 2. The van der Waals surface area contributed by atoms with Crippen molar-refractivity contribution in [1.29, 1.82) is 0 Å². The normalized spacial score (nSPS) is 24.8. The van der Waals surface area contributed by atoms with Crippen molar-refractivity contribution in [2.45, 2.75) is 102 Å². The summed E-state index contributed by atoms with van der Waals surface area (Å²) >= 11 is 1.56. The summed E-state index contributed by atoms with van der Waals surface area (Å²) < 4.78 is 15.5. The maximum absolute atomic E-state index is 15.0. The van der Waals surface area contributed by atoms with Gasteiger partial charge in [-0.3, -0.25) is 14.5 Å². The summed E-state index contributed by atoms with van der Waals surface area (Å²) in [6.45, 7) is 4.04. The van der Waals surface area contributed by atoms with E-state index in [2.05, 4.69) is 45.9 Å². The standard InChI is InChI=1S/C46H57N5O4S/c52-43(47-30-38-17-10-28-56-38)41-32-50(45(54)55-42-19-9-16-36-15-7-8-18-39(36)42)26-27-51(41)44(53)40(29-34-11-3-1-4-12-34)48-37-20-22-46(23-21-37)24-25-49(33-46)31-35-13-5-2-6-14-35/h2,5-10,13-19,28,34,37,40-41,48H,1,3-4,11-12,20-27,29-33H2,(H,47,52)/t37?,40-,41-,46?/m0/s1/i34D. The molecule has 3 amide bonds. The number of amides is 3. The van der Waals surface area contributed by atoms with Crippen LogP contribution in [0.3, 0.4) is 0 Å². The van der Waals surface area contributed by atoms with Crippen molar-refractivity contribution in [3.05, 3.63) is 101 Å². The minimum Gasteiger partial charge on any atom is -0.410 e. The lowest BCUT2D eigenvalue weighted by Crippen LogP contribution is -2.65. The molecule has 296 valence electrons. The molecule has 2 saturated carbocycles. The predicted octanol–water partition coefficient (Wildman–Crippen LogP) is 7.99. The summed E-state index contributed by atoms with van der Waals surface area (Å²) in [6.07, 6.45) is 10.0. The van der Waals surface area contributed by atoms with E-state index in [1.165, 1.54) is 12.0 Å². The van der Waals surface area contributed by atoms with Crippen LogP contribution >= 0.6 is 11.3 Å². The van der Waals surface area contributed by atoms with E-state index >= 15 is 0 Å². The van der Waals surface area contributed by atoms with Gasteiger partial charge in [-0.05, 0) is 84.8 Å². The number of rotatable bonds is 11. The largest absolute Gasteiger partial charge is 0.415 e. The fourth-order valence-corrected chi connectivity index (χ4v) is 10.3. The molecule has 2 aliphatic heterocycles. The van der Waals surface area contributed by atoms with E-state index < -0.39 is 24.1 Å². The van der Waals surface area contributed by atoms with Crippen molar-refractivity contribution in [3.63, 3.8) is 0 Å². The van der Waals surface area contributed by atoms with E-state index in [1.54, 1.807) is 27.2 Å². The molecule has 4 aromatic rings. The van der Waals surface area contributed by atoms with Crippen LogP contribution in [-0.2, 0) is 22.7 Å². The van der Waals surface area contributed by atoms with Gasteiger partial charge in [-0.1, -0.05) is 105 Å². The van der Waals surface area contributed by atoms with Crippen molar-refractivity contribution >= 4 is 40.0 Å². The number of thiophene rings is 1. The van der Waals surface area contributed by atoms with E-state index in [9.17, 15) is 15.8 Å². The summed E-state index contributed by atoms with van der Waals surface area (Å²) in [5, 5.41) is 10.7. The number of likely N-dealkylation sites (tertiary alicyclic amines) is 1. The van der Waals surface area contributed by atoms with Gasteiger partial charge in [0.15, 0.2) is 0 Å². The second-order valence-corrected chi connectivity index (χ2v) is 17.6. The minimum absolute atomic E-state index is 0.0236. The number of nitrogens with zero attached hydrogens (tertiary/aromatic N) is 3. The fraction of sp³-hybridized carbons (Fsp3) is 0.500. The van der Waals surface area contributed by atoms with Crippen molar-refractivity contribution in [1.82, 2.24) is 25.3 Å². The number of ether oxygens (including phenoxy) is 1. The summed E-state index contributed by atoms with van der Waals surface area (Å²) in [6, 6.07) is 26.7. The third-order valence-electron chi connectivity index (χ3n) is 12.8. The van der Waals surface area contributed by atoms with Gasteiger partial charge in [0.25, 0.3) is 0 Å². The van der Waals surface area contributed by atoms with Crippen LogP contribution in [0.2, 0.25) is 0 Å². The van der Waals surface area contributed by atoms with Crippen molar-refractivity contribution in [3.8, 4) is 5.75 Å². The zero-order valence-electron chi connectivity index (χ0n) is 33.5. The van der Waals surface area contributed by atoms with E-state index in [0.29, 0.717) is 24.1 Å². The summed E-state index contributed by atoms with van der Waals surface area (Å²) in [4.78, 5) is 49.7. The van der Waals surface area contributed by atoms with Gasteiger partial charge in [0.2, 0.25) is 11.8 Å². The van der Waals surface area contributed by atoms with Gasteiger partial charge in [-0.2, -0.15) is 0 Å². The van der Waals surface area contributed by atoms with Crippen LogP contribution in [0.25, 0.3) is 10.8 Å². The molecule has 10 heteroatoms. The molecule has 4 aliphatic rings. The van der Waals surface area contributed by atoms with Crippen LogP contribution in [0.5, 0.6) is 5.75 Å². The third-order valence-corrected chi connectivity index (χ3v) is 13.7. The number of piperazine rings is 1. The smallest absolute Gasteiger partial charge is 0.410 e. The molecular formula is C46H57N5O4S. The van der Waals surface area contributed by atoms with Gasteiger partial charge in [-0.15, -0.1) is 11.3 Å². The molecule has 1 aromatic heterocycles. The van der Waals surface area contributed by atoms with Gasteiger partial charge in [-0.25, -0.2) is 4.79 Å². The Hall–Kier alpha value is -4.25. The molecule has 4 fully saturated rings. The highest BCUT2D eigenvalue weighted by molar-refractivity contribution is 7.09. The first-order chi connectivity index (χ1) is 27.7. The topological polar surface area (TPSA) is 94.2 Å². The van der Waals surface area contributed by atoms with Crippen LogP contribution in [-0.4, -0.2) is 83.5 Å². The molecule has 8 rings (SSSR count). The van der Waals surface area contributed by atoms with Gasteiger partial charge in [0.05, 0.1) is 19.1 Å². The van der Waals surface area contributed by atoms with Crippen LogP contribution < -0.4 is 15.4 Å². The zero-order valence-corrected chi connectivity index (χ0v) is 33.3. The lowest BCUT2D eigenvalue weighted by atomic mass is 9.71. The van der Waals surface area contributed by atoms with Crippen molar-refractivity contribution < 1.29 is 20.5 Å². The average molecular weight is 777 g/mol. The molecule has 9 nitrogen and oxygen atoms in total. The quantitative estimate of drug-likeness (QED) is 0.161. The Balaban J connectivity index is 0.973. The highest BCUT2D eigenvalue weighted by atomic mass is 32.1. The summed E-state index contributed by atoms with van der Waals surface area (Å²) in [5.41, 5.74) is 1.68. The second kappa shape index (κ2) is 17.9. The highest BCUT2D eigenvalue weighted by Crippen LogP contribution is 2.44. The Morgan fingerprint density at radius 1 is 0.857 bits per heavy atom. The number of nitrogens with one attached hydrogen (secondary N) is 2. The third kappa shape index (κ3) is 9.30. The molecule has 1 spiro atoms. The molecule has 2 saturated heterocycles. The first-order valence-electron chi connectivity index (χ1n) is 21.3. The summed E-state index contributed by atoms with van der Waals surface area (Å²) in [7, 11) is 0. The number of fused-ring (bicyclic) bond motifs is 1. The average Bonchev–Trinajstić information content (AvgIpc) is 3.91. The zero-order chi connectivity index (χ0) is 39.2. The Morgan fingerprint density at radius 2 is 1.64 bits per heavy atom. The summed E-state index contributed by atoms with van der Waals surface area (Å²) in [5.74, 6) is -0.659. The van der Waals surface area contributed by atoms with Crippen molar-refractivity contribution in [2.75, 3.05) is 32.7 Å². The van der Waals surface area contributed by atoms with Crippen LogP contribution in [0.1, 0.15) is 82.4 Å². The Bertz CT molecular complexity index is 1980. The van der Waals surface area contributed by atoms with Crippen LogP contribution in [0.15, 0.2) is 90.3 Å². The molecule has 0 radical (unpaired) electrons. The molecule has 56 heavy (non-hydrogen) atoms. The number of hydrogen-bond acceptors (Lipinski definition) is 7. The second-order valence-electron chi connectivity index (χ2n) is 16.6. The van der Waals surface area contributed by atoms with Gasteiger partial charge in [0.1, 0.15) is 11.8 Å². The lowest BCUT2D eigenvalue weighted by Gasteiger charge is -2.43. The molecule has 2 N–H and O–H groups in total. The molecule has 2 aliphatic carbocycles. The van der Waals surface area contributed by atoms with Crippen LogP contribution in [0, 0.1) is 11.3 Å². The SMILES string of the molecule is [2H]C1(C[C@H](NC2CCC3(CC2)CCN(Cc2ccccc2)C3)C(=O)N2CCN(C(=O)Oc3cccc4ccccc34)C[C@H]2C(=O)NCc2cccs2)CCCCC1. The van der Waals surface area contributed by atoms with Crippen LogP contribution in [0.4, 0.5) is 4.79 Å². The monoisotopic (exact) mass is 776 g/mol. The van der Waals surface area contributed by atoms with E-state index in [-0.39, 0.29) is 37.5 Å². The van der Waals surface area contributed by atoms with E-state index in [1.807, 2.05) is 53.9 Å². The molecule has 2 atom stereocenters. The Morgan fingerprint density at radius 3 is 2.45 bits per heavy atom.